The largest absolute Gasteiger partial charge is 0.496 e. The summed E-state index contributed by atoms with van der Waals surface area (Å²) in [4.78, 5) is -0.567. The highest BCUT2D eigenvalue weighted by Gasteiger charge is 2.30. The first-order valence-corrected chi connectivity index (χ1v) is 8.29. The van der Waals surface area contributed by atoms with Gasteiger partial charge >= 0.3 is 0 Å². The molecule has 0 heterocycles. The van der Waals surface area contributed by atoms with Gasteiger partial charge < -0.3 is 4.74 Å². The zero-order valence-corrected chi connectivity index (χ0v) is 13.8. The van der Waals surface area contributed by atoms with Crippen LogP contribution in [0.4, 0.5) is 8.78 Å². The van der Waals surface area contributed by atoms with Crippen molar-refractivity contribution < 1.29 is 21.9 Å². The lowest BCUT2D eigenvalue weighted by Crippen LogP contribution is -2.30. The molecule has 0 saturated heterocycles. The number of sulfonamides is 1. The summed E-state index contributed by atoms with van der Waals surface area (Å²) < 4.78 is 58.3. The van der Waals surface area contributed by atoms with Crippen LogP contribution >= 0.6 is 0 Å². The van der Waals surface area contributed by atoms with Crippen LogP contribution in [0.5, 0.6) is 5.75 Å². The van der Waals surface area contributed by atoms with Crippen molar-refractivity contribution in [1.29, 1.82) is 0 Å². The first kappa shape index (κ1) is 17.4. The summed E-state index contributed by atoms with van der Waals surface area (Å²) in [6, 6.07) is 8.76. The molecule has 0 N–H and O–H groups in total. The number of nitrogens with zero attached hydrogens (tertiary/aromatic N) is 1. The van der Waals surface area contributed by atoms with E-state index in [1.165, 1.54) is 14.2 Å². The Morgan fingerprint density at radius 3 is 2.39 bits per heavy atom. The quantitative estimate of drug-likeness (QED) is 0.838. The van der Waals surface area contributed by atoms with E-state index in [1.54, 1.807) is 31.2 Å². The van der Waals surface area contributed by atoms with Gasteiger partial charge in [-0.1, -0.05) is 18.2 Å². The van der Waals surface area contributed by atoms with E-state index < -0.39 is 32.6 Å². The predicted octanol–water partition coefficient (Wildman–Crippen LogP) is 3.36. The van der Waals surface area contributed by atoms with Gasteiger partial charge in [-0.2, -0.15) is 4.31 Å². The molecule has 0 aromatic heterocycles. The van der Waals surface area contributed by atoms with E-state index in [4.69, 9.17) is 4.74 Å². The third-order valence-electron chi connectivity index (χ3n) is 3.69. The molecule has 124 valence electrons. The predicted molar refractivity (Wildman–Crippen MR) is 82.7 cm³/mol. The molecule has 0 radical (unpaired) electrons. The van der Waals surface area contributed by atoms with Crippen molar-refractivity contribution in [2.45, 2.75) is 17.9 Å². The minimum atomic E-state index is -4.12. The van der Waals surface area contributed by atoms with Gasteiger partial charge in [0.25, 0.3) is 0 Å². The number of hydrogen-bond acceptors (Lipinski definition) is 3. The smallest absolute Gasteiger partial charge is 0.246 e. The number of halogens is 2. The summed E-state index contributed by atoms with van der Waals surface area (Å²) >= 11 is 0. The molecule has 0 fully saturated rings. The van der Waals surface area contributed by atoms with Gasteiger partial charge in [0.2, 0.25) is 10.0 Å². The van der Waals surface area contributed by atoms with Crippen LogP contribution in [0, 0.1) is 11.6 Å². The van der Waals surface area contributed by atoms with Crippen molar-refractivity contribution in [2.75, 3.05) is 14.2 Å². The lowest BCUT2D eigenvalue weighted by Gasteiger charge is -2.26. The average Bonchev–Trinajstić information content (AvgIpc) is 2.53. The zero-order chi connectivity index (χ0) is 17.2. The van der Waals surface area contributed by atoms with Gasteiger partial charge in [-0.05, 0) is 25.1 Å². The van der Waals surface area contributed by atoms with Gasteiger partial charge in [-0.3, -0.25) is 0 Å². The number of ether oxygens (including phenoxy) is 1. The Balaban J connectivity index is 2.43. The molecule has 0 spiro atoms. The number of rotatable bonds is 5. The zero-order valence-electron chi connectivity index (χ0n) is 13.0. The number of hydrogen-bond donors (Lipinski definition) is 0. The standard InChI is InChI=1S/C16H17F2NO3S/c1-11(13-6-4-5-7-15(13)22-3)19(2)23(20,21)16-9-8-12(17)10-14(16)18/h4-11H,1-3H3. The summed E-state index contributed by atoms with van der Waals surface area (Å²) in [6.07, 6.45) is 0. The maximum Gasteiger partial charge on any atom is 0.246 e. The Hall–Kier alpha value is -1.99. The fourth-order valence-electron chi connectivity index (χ4n) is 2.26. The fraction of sp³-hybridized carbons (Fsp3) is 0.250. The molecule has 2 aromatic rings. The van der Waals surface area contributed by atoms with Gasteiger partial charge in [-0.25, -0.2) is 17.2 Å². The van der Waals surface area contributed by atoms with Crippen molar-refractivity contribution in [1.82, 2.24) is 4.31 Å². The second kappa shape index (κ2) is 6.64. The van der Waals surface area contributed by atoms with Crippen molar-refractivity contribution >= 4 is 10.0 Å². The normalized spacial score (nSPS) is 13.1. The maximum atomic E-state index is 13.8. The van der Waals surface area contributed by atoms with E-state index in [0.717, 1.165) is 16.4 Å². The molecule has 0 saturated carbocycles. The minimum absolute atomic E-state index is 0.529. The van der Waals surface area contributed by atoms with Gasteiger partial charge in [0.1, 0.15) is 22.3 Å². The molecule has 7 heteroatoms. The fourth-order valence-corrected chi connectivity index (χ4v) is 3.64. The van der Waals surface area contributed by atoms with Crippen molar-refractivity contribution in [3.63, 3.8) is 0 Å². The Morgan fingerprint density at radius 1 is 1.13 bits per heavy atom. The van der Waals surface area contributed by atoms with Crippen molar-refractivity contribution in [3.05, 3.63) is 59.7 Å². The molecule has 23 heavy (non-hydrogen) atoms. The molecular formula is C16H17F2NO3S. The Kier molecular flexibility index (Phi) is 5.01. The van der Waals surface area contributed by atoms with Gasteiger partial charge in [0.05, 0.1) is 13.2 Å². The number of methoxy groups -OCH3 is 1. The summed E-state index contributed by atoms with van der Waals surface area (Å²) in [5.41, 5.74) is 0.642. The van der Waals surface area contributed by atoms with Gasteiger partial charge in [0.15, 0.2) is 0 Å². The SMILES string of the molecule is COc1ccccc1C(C)N(C)S(=O)(=O)c1ccc(F)cc1F. The van der Waals surface area contributed by atoms with Crippen LogP contribution in [0.25, 0.3) is 0 Å². The molecule has 4 nitrogen and oxygen atoms in total. The topological polar surface area (TPSA) is 46.6 Å². The molecule has 1 atom stereocenters. The summed E-state index contributed by atoms with van der Waals surface area (Å²) in [5, 5.41) is 0. The van der Waals surface area contributed by atoms with Crippen LogP contribution in [0.1, 0.15) is 18.5 Å². The summed E-state index contributed by atoms with van der Waals surface area (Å²) in [5.74, 6) is -1.42. The minimum Gasteiger partial charge on any atom is -0.496 e. The average molecular weight is 341 g/mol. The third kappa shape index (κ3) is 3.35. The lowest BCUT2D eigenvalue weighted by atomic mass is 10.1. The van der Waals surface area contributed by atoms with Crippen LogP contribution in [0.15, 0.2) is 47.4 Å². The number of benzene rings is 2. The Labute approximate surface area is 134 Å². The van der Waals surface area contributed by atoms with Gasteiger partial charge in [0, 0.05) is 18.7 Å². The monoisotopic (exact) mass is 341 g/mol. The Morgan fingerprint density at radius 2 is 1.78 bits per heavy atom. The van der Waals surface area contributed by atoms with Crippen molar-refractivity contribution in [2.24, 2.45) is 0 Å². The van der Waals surface area contributed by atoms with Crippen molar-refractivity contribution in [3.8, 4) is 5.75 Å². The second-order valence-corrected chi connectivity index (χ2v) is 6.98. The molecule has 0 amide bonds. The highest BCUT2D eigenvalue weighted by Crippen LogP contribution is 2.32. The van der Waals surface area contributed by atoms with Crippen LogP contribution in [-0.2, 0) is 10.0 Å². The summed E-state index contributed by atoms with van der Waals surface area (Å²) in [6.45, 7) is 1.66. The van der Waals surface area contributed by atoms with E-state index in [1.807, 2.05) is 0 Å². The first-order valence-electron chi connectivity index (χ1n) is 6.85. The lowest BCUT2D eigenvalue weighted by molar-refractivity contribution is 0.365. The van der Waals surface area contributed by atoms with E-state index in [0.29, 0.717) is 17.4 Å². The molecule has 0 aliphatic carbocycles. The molecule has 1 unspecified atom stereocenters. The third-order valence-corrected chi connectivity index (χ3v) is 5.65. The van der Waals surface area contributed by atoms with Crippen LogP contribution in [-0.4, -0.2) is 26.9 Å². The molecule has 0 aliphatic rings. The van der Waals surface area contributed by atoms with E-state index >= 15 is 0 Å². The van der Waals surface area contributed by atoms with E-state index in [2.05, 4.69) is 0 Å². The Bertz CT molecular complexity index is 809. The van der Waals surface area contributed by atoms with E-state index in [-0.39, 0.29) is 0 Å². The van der Waals surface area contributed by atoms with Gasteiger partial charge in [-0.15, -0.1) is 0 Å². The molecular weight excluding hydrogens is 324 g/mol. The van der Waals surface area contributed by atoms with Crippen LogP contribution in [0.3, 0.4) is 0 Å². The maximum absolute atomic E-state index is 13.8. The highest BCUT2D eigenvalue weighted by molar-refractivity contribution is 7.89. The highest BCUT2D eigenvalue weighted by atomic mass is 32.2. The second-order valence-electron chi connectivity index (χ2n) is 5.01. The van der Waals surface area contributed by atoms with Crippen LogP contribution in [0.2, 0.25) is 0 Å². The van der Waals surface area contributed by atoms with Crippen LogP contribution < -0.4 is 4.74 Å². The molecule has 2 rings (SSSR count). The molecule has 0 aliphatic heterocycles. The van der Waals surface area contributed by atoms with E-state index in [9.17, 15) is 17.2 Å². The number of para-hydroxylation sites is 1. The molecule has 0 bridgehead atoms. The summed E-state index contributed by atoms with van der Waals surface area (Å²) in [7, 11) is -1.29. The first-order chi connectivity index (χ1) is 10.8. The molecule has 2 aromatic carbocycles.